The second kappa shape index (κ2) is 14.9. The van der Waals surface area contributed by atoms with Crippen molar-refractivity contribution in [1.29, 1.82) is 0 Å². The molecule has 0 aliphatic heterocycles. The maximum atomic E-state index is 6.33. The van der Waals surface area contributed by atoms with Crippen LogP contribution in [0.3, 0.4) is 0 Å². The molecule has 0 unspecified atom stereocenters. The summed E-state index contributed by atoms with van der Waals surface area (Å²) in [6, 6.07) is 0.817. The minimum Gasteiger partial charge on any atom is -1.00 e. The number of quaternary nitrogens is 1. The molecule has 0 heterocycles. The van der Waals surface area contributed by atoms with Crippen LogP contribution >= 0.6 is 11.6 Å². The van der Waals surface area contributed by atoms with Crippen molar-refractivity contribution in [2.45, 2.75) is 78.6 Å². The third kappa shape index (κ3) is 10.9. The first-order valence-corrected chi connectivity index (χ1v) is 8.69. The third-order valence-corrected chi connectivity index (χ3v) is 4.47. The van der Waals surface area contributed by atoms with Gasteiger partial charge in [-0.15, -0.1) is 0 Å². The first kappa shape index (κ1) is 21.8. The first-order chi connectivity index (χ1) is 8.74. The number of hydrogen-bond acceptors (Lipinski definition) is 0. The zero-order valence-corrected chi connectivity index (χ0v) is 14.9. The highest BCUT2D eigenvalue weighted by atomic mass is 35.5. The third-order valence-electron chi connectivity index (χ3n) is 3.96. The van der Waals surface area contributed by atoms with E-state index in [9.17, 15) is 0 Å². The summed E-state index contributed by atoms with van der Waals surface area (Å²) < 4.78 is 1.17. The molecule has 0 rings (SSSR count). The van der Waals surface area contributed by atoms with E-state index < -0.39 is 0 Å². The zero-order chi connectivity index (χ0) is 13.7. The molecule has 0 radical (unpaired) electrons. The smallest absolute Gasteiger partial charge is 0.154 e. The number of alkyl halides is 1. The molecular formula is C16H35Cl2N. The molecule has 0 aliphatic carbocycles. The van der Waals surface area contributed by atoms with Crippen LogP contribution in [0.2, 0.25) is 0 Å². The topological polar surface area (TPSA) is 0 Å². The van der Waals surface area contributed by atoms with Crippen molar-refractivity contribution in [1.82, 2.24) is 0 Å². The molecular weight excluding hydrogens is 277 g/mol. The number of rotatable bonds is 13. The van der Waals surface area contributed by atoms with Crippen LogP contribution in [-0.4, -0.2) is 30.1 Å². The Labute approximate surface area is 133 Å². The van der Waals surface area contributed by atoms with Crippen molar-refractivity contribution in [2.75, 3.05) is 25.6 Å². The predicted molar refractivity (Wildman–Crippen MR) is 84.2 cm³/mol. The van der Waals surface area contributed by atoms with Gasteiger partial charge in [0.15, 0.2) is 6.00 Å². The van der Waals surface area contributed by atoms with Crippen LogP contribution in [0.15, 0.2) is 0 Å². The summed E-state index contributed by atoms with van der Waals surface area (Å²) in [5.41, 5.74) is 0. The summed E-state index contributed by atoms with van der Waals surface area (Å²) >= 11 is 6.33. The molecule has 0 saturated carbocycles. The molecule has 0 saturated heterocycles. The largest absolute Gasteiger partial charge is 1.00 e. The predicted octanol–water partition coefficient (Wildman–Crippen LogP) is 2.57. The number of hydrogen-bond donors (Lipinski definition) is 0. The van der Waals surface area contributed by atoms with E-state index in [1.165, 1.54) is 81.9 Å². The highest BCUT2D eigenvalue weighted by molar-refractivity contribution is 6.16. The standard InChI is InChI=1S/C16H35ClN.ClH/c1-4-7-10-13-18(16-17,14-11-8-5-2)15-12-9-6-3;/h4-16H2,1-3H3;1H/q+1;/p-1. The van der Waals surface area contributed by atoms with E-state index in [1.54, 1.807) is 0 Å². The quantitative estimate of drug-likeness (QED) is 0.212. The molecule has 0 aromatic heterocycles. The molecule has 0 aromatic rings. The van der Waals surface area contributed by atoms with Crippen molar-refractivity contribution in [3.8, 4) is 0 Å². The zero-order valence-electron chi connectivity index (χ0n) is 13.4. The fourth-order valence-electron chi connectivity index (χ4n) is 2.61. The Morgan fingerprint density at radius 1 is 0.632 bits per heavy atom. The van der Waals surface area contributed by atoms with Gasteiger partial charge in [0.25, 0.3) is 0 Å². The number of nitrogens with zero attached hydrogens (tertiary/aromatic N) is 1. The molecule has 0 bridgehead atoms. The van der Waals surface area contributed by atoms with Crippen LogP contribution in [-0.2, 0) is 0 Å². The van der Waals surface area contributed by atoms with E-state index >= 15 is 0 Å². The fourth-order valence-corrected chi connectivity index (χ4v) is 2.96. The van der Waals surface area contributed by atoms with Crippen molar-refractivity contribution >= 4 is 11.6 Å². The van der Waals surface area contributed by atoms with Crippen LogP contribution in [0.25, 0.3) is 0 Å². The summed E-state index contributed by atoms with van der Waals surface area (Å²) in [4.78, 5) is 0. The monoisotopic (exact) mass is 311 g/mol. The molecule has 0 aromatic carbocycles. The maximum absolute atomic E-state index is 6.33. The van der Waals surface area contributed by atoms with Crippen LogP contribution in [0.1, 0.15) is 78.6 Å². The van der Waals surface area contributed by atoms with Crippen molar-refractivity contribution in [2.24, 2.45) is 0 Å². The van der Waals surface area contributed by atoms with Gasteiger partial charge in [0.1, 0.15) is 0 Å². The van der Waals surface area contributed by atoms with E-state index in [4.69, 9.17) is 11.6 Å². The second-order valence-electron chi connectivity index (χ2n) is 5.75. The van der Waals surface area contributed by atoms with E-state index in [0.29, 0.717) is 0 Å². The Kier molecular flexibility index (Phi) is 17.2. The molecule has 3 heteroatoms. The van der Waals surface area contributed by atoms with E-state index in [2.05, 4.69) is 20.8 Å². The SMILES string of the molecule is CCCCC[N+](CCl)(CCCCC)CCCCC.[Cl-]. The molecule has 0 aliphatic rings. The first-order valence-electron chi connectivity index (χ1n) is 8.15. The van der Waals surface area contributed by atoms with E-state index in [1.807, 2.05) is 0 Å². The lowest BCUT2D eigenvalue weighted by molar-refractivity contribution is -0.918. The van der Waals surface area contributed by atoms with Crippen LogP contribution in [0.4, 0.5) is 0 Å². The van der Waals surface area contributed by atoms with Gasteiger partial charge in [-0.25, -0.2) is 0 Å². The van der Waals surface area contributed by atoms with Gasteiger partial charge in [-0.2, -0.15) is 0 Å². The van der Waals surface area contributed by atoms with Gasteiger partial charge in [-0.3, -0.25) is 0 Å². The minimum absolute atomic E-state index is 0. The summed E-state index contributed by atoms with van der Waals surface area (Å²) in [6.07, 6.45) is 12.1. The van der Waals surface area contributed by atoms with Crippen LogP contribution in [0, 0.1) is 0 Å². The lowest BCUT2D eigenvalue weighted by Gasteiger charge is -2.37. The minimum atomic E-state index is 0. The molecule has 0 fully saturated rings. The van der Waals surface area contributed by atoms with Gasteiger partial charge in [0.05, 0.1) is 19.6 Å². The van der Waals surface area contributed by atoms with Gasteiger partial charge < -0.3 is 16.9 Å². The van der Waals surface area contributed by atoms with Gasteiger partial charge in [0, 0.05) is 0 Å². The average molecular weight is 312 g/mol. The van der Waals surface area contributed by atoms with Crippen LogP contribution in [0.5, 0.6) is 0 Å². The Morgan fingerprint density at radius 2 is 0.947 bits per heavy atom. The Hall–Kier alpha value is 0.540. The number of unbranched alkanes of at least 4 members (excludes halogenated alkanes) is 6. The molecule has 118 valence electrons. The van der Waals surface area contributed by atoms with E-state index in [-0.39, 0.29) is 12.4 Å². The summed E-state index contributed by atoms with van der Waals surface area (Å²) in [5.74, 6) is 0. The highest BCUT2D eigenvalue weighted by Gasteiger charge is 2.24. The molecule has 0 spiro atoms. The highest BCUT2D eigenvalue weighted by Crippen LogP contribution is 2.17. The van der Waals surface area contributed by atoms with Crippen molar-refractivity contribution in [3.63, 3.8) is 0 Å². The maximum Gasteiger partial charge on any atom is 0.154 e. The van der Waals surface area contributed by atoms with Crippen molar-refractivity contribution < 1.29 is 16.9 Å². The Bertz CT molecular complexity index is 148. The van der Waals surface area contributed by atoms with E-state index in [0.717, 1.165) is 6.00 Å². The molecule has 1 nitrogen and oxygen atoms in total. The summed E-state index contributed by atoms with van der Waals surface area (Å²) in [5, 5.41) is 0. The molecule has 0 atom stereocenters. The second-order valence-corrected chi connectivity index (χ2v) is 5.99. The fraction of sp³-hybridized carbons (Fsp3) is 1.00. The van der Waals surface area contributed by atoms with Gasteiger partial charge >= 0.3 is 0 Å². The normalized spacial score (nSPS) is 11.4. The van der Waals surface area contributed by atoms with Gasteiger partial charge in [-0.1, -0.05) is 51.6 Å². The number of halogens is 2. The lowest BCUT2D eigenvalue weighted by atomic mass is 10.1. The van der Waals surface area contributed by atoms with Crippen molar-refractivity contribution in [3.05, 3.63) is 0 Å². The van der Waals surface area contributed by atoms with Crippen LogP contribution < -0.4 is 12.4 Å². The van der Waals surface area contributed by atoms with Gasteiger partial charge in [0.2, 0.25) is 0 Å². The molecule has 0 N–H and O–H groups in total. The Morgan fingerprint density at radius 3 is 1.16 bits per heavy atom. The summed E-state index contributed by atoms with van der Waals surface area (Å²) in [6.45, 7) is 10.7. The molecule has 19 heavy (non-hydrogen) atoms. The van der Waals surface area contributed by atoms with Gasteiger partial charge in [-0.05, 0) is 38.5 Å². The average Bonchev–Trinajstić information content (AvgIpc) is 2.39. The Balaban J connectivity index is 0. The molecule has 0 amide bonds. The summed E-state index contributed by atoms with van der Waals surface area (Å²) in [7, 11) is 0. The lowest BCUT2D eigenvalue weighted by Crippen LogP contribution is -3.00.